The molecule has 8 heteroatoms. The lowest BCUT2D eigenvalue weighted by Crippen LogP contribution is -2.44. The van der Waals surface area contributed by atoms with Crippen molar-refractivity contribution in [3.05, 3.63) is 48.3 Å². The molecule has 0 saturated carbocycles. The second kappa shape index (κ2) is 8.52. The Morgan fingerprint density at radius 1 is 1.12 bits per heavy atom. The van der Waals surface area contributed by atoms with Crippen LogP contribution in [0.2, 0.25) is 0 Å². The molecule has 1 aliphatic rings. The molecule has 1 aromatic carbocycles. The van der Waals surface area contributed by atoms with Crippen molar-refractivity contribution in [3.8, 4) is 6.07 Å². The van der Waals surface area contributed by atoms with Gasteiger partial charge in [0.15, 0.2) is 0 Å². The zero-order valence-electron chi connectivity index (χ0n) is 18.9. The van der Waals surface area contributed by atoms with Gasteiger partial charge in [0.1, 0.15) is 23.2 Å². The molecule has 0 radical (unpaired) electrons. The summed E-state index contributed by atoms with van der Waals surface area (Å²) in [5, 5.41) is 13.7. The van der Waals surface area contributed by atoms with Crippen molar-refractivity contribution in [1.29, 1.82) is 5.26 Å². The third-order valence-electron chi connectivity index (χ3n) is 5.35. The van der Waals surface area contributed by atoms with Crippen LogP contribution >= 0.6 is 0 Å². The molecule has 1 N–H and O–H groups in total. The van der Waals surface area contributed by atoms with Gasteiger partial charge in [-0.05, 0) is 52.1 Å². The van der Waals surface area contributed by atoms with Crippen LogP contribution in [0.25, 0.3) is 10.9 Å². The number of likely N-dealkylation sites (N-methyl/N-ethyl adjacent to an activating group) is 1. The molecule has 32 heavy (non-hydrogen) atoms. The highest BCUT2D eigenvalue weighted by molar-refractivity contribution is 5.92. The van der Waals surface area contributed by atoms with Crippen LogP contribution in [0.4, 0.5) is 22.0 Å². The Morgan fingerprint density at radius 3 is 2.56 bits per heavy atom. The van der Waals surface area contributed by atoms with Gasteiger partial charge in [0.25, 0.3) is 0 Å². The fraction of sp³-hybridized carbons (Fsp3) is 0.375. The van der Waals surface area contributed by atoms with Gasteiger partial charge in [-0.1, -0.05) is 6.07 Å². The third-order valence-corrected chi connectivity index (χ3v) is 5.35. The summed E-state index contributed by atoms with van der Waals surface area (Å²) in [6, 6.07) is 13.6. The molecule has 0 spiro atoms. The average molecular weight is 433 g/mol. The number of rotatable bonds is 3. The Kier molecular flexibility index (Phi) is 5.76. The Hall–Kier alpha value is -3.57. The molecule has 1 aliphatic heterocycles. The van der Waals surface area contributed by atoms with Crippen molar-refractivity contribution < 1.29 is 9.53 Å². The van der Waals surface area contributed by atoms with E-state index in [1.165, 1.54) is 4.57 Å². The molecule has 4 rings (SSSR count). The van der Waals surface area contributed by atoms with Crippen molar-refractivity contribution in [2.45, 2.75) is 26.4 Å². The molecule has 0 bridgehead atoms. The van der Waals surface area contributed by atoms with E-state index in [1.807, 2.05) is 57.2 Å². The minimum absolute atomic E-state index is 0.363. The summed E-state index contributed by atoms with van der Waals surface area (Å²) >= 11 is 0. The fourth-order valence-corrected chi connectivity index (χ4v) is 3.71. The van der Waals surface area contributed by atoms with Crippen LogP contribution in [-0.2, 0) is 4.74 Å². The Bertz CT molecular complexity index is 1180. The molecular formula is C24H28N6O2. The van der Waals surface area contributed by atoms with E-state index in [4.69, 9.17) is 4.74 Å². The summed E-state index contributed by atoms with van der Waals surface area (Å²) < 4.78 is 7.02. The first-order valence-corrected chi connectivity index (χ1v) is 10.7. The molecule has 0 unspecified atom stereocenters. The number of hydrogen-bond acceptors (Lipinski definition) is 7. The standard InChI is InChI=1S/C24H28N6O2/c1-24(2,3)32-23(31)30-8-7-17-5-6-18(14-21(17)30)26-22-15-20(13-19(16-25)27-22)29-11-9-28(4)10-12-29/h5-8,13-15H,9-12H2,1-4H3,(H,26,27). The van der Waals surface area contributed by atoms with Crippen LogP contribution in [0, 0.1) is 11.3 Å². The molecule has 1 saturated heterocycles. The number of nitriles is 1. The summed E-state index contributed by atoms with van der Waals surface area (Å²) in [4.78, 5) is 21.6. The normalized spacial score (nSPS) is 14.9. The number of hydrogen-bond donors (Lipinski definition) is 1. The summed E-state index contributed by atoms with van der Waals surface area (Å²) in [5.41, 5.74) is 2.27. The largest absolute Gasteiger partial charge is 0.443 e. The second-order valence-electron chi connectivity index (χ2n) is 9.06. The molecule has 0 atom stereocenters. The Morgan fingerprint density at radius 2 is 1.88 bits per heavy atom. The Balaban J connectivity index is 1.62. The quantitative estimate of drug-likeness (QED) is 0.664. The van der Waals surface area contributed by atoms with Gasteiger partial charge < -0.3 is 19.9 Å². The summed E-state index contributed by atoms with van der Waals surface area (Å²) in [6.45, 7) is 9.29. The van der Waals surface area contributed by atoms with Crippen molar-refractivity contribution >= 4 is 34.2 Å². The number of aromatic nitrogens is 2. The van der Waals surface area contributed by atoms with E-state index in [-0.39, 0.29) is 0 Å². The average Bonchev–Trinajstić information content (AvgIpc) is 3.16. The number of ether oxygens (including phenoxy) is 1. The zero-order valence-corrected chi connectivity index (χ0v) is 18.9. The molecule has 3 aromatic rings. The number of fused-ring (bicyclic) bond motifs is 1. The smallest absolute Gasteiger partial charge is 0.418 e. The summed E-state index contributed by atoms with van der Waals surface area (Å²) in [7, 11) is 2.11. The second-order valence-corrected chi connectivity index (χ2v) is 9.06. The number of carbonyl (C=O) groups excluding carboxylic acids is 1. The first-order chi connectivity index (χ1) is 15.2. The van der Waals surface area contributed by atoms with E-state index in [1.54, 1.807) is 6.20 Å². The first-order valence-electron chi connectivity index (χ1n) is 10.7. The molecule has 8 nitrogen and oxygen atoms in total. The lowest BCUT2D eigenvalue weighted by molar-refractivity contribution is 0.0544. The van der Waals surface area contributed by atoms with Crippen LogP contribution < -0.4 is 10.2 Å². The van der Waals surface area contributed by atoms with Crippen LogP contribution in [-0.4, -0.2) is 59.4 Å². The first kappa shape index (κ1) is 21.7. The van der Waals surface area contributed by atoms with Crippen LogP contribution in [0.5, 0.6) is 0 Å². The number of anilines is 3. The minimum Gasteiger partial charge on any atom is -0.443 e. The maximum atomic E-state index is 12.6. The van der Waals surface area contributed by atoms with E-state index in [9.17, 15) is 10.1 Å². The number of carbonyl (C=O) groups is 1. The highest BCUT2D eigenvalue weighted by Gasteiger charge is 2.19. The van der Waals surface area contributed by atoms with E-state index in [2.05, 4.69) is 33.2 Å². The predicted octanol–water partition coefficient (Wildman–Crippen LogP) is 4.19. The molecule has 0 aliphatic carbocycles. The van der Waals surface area contributed by atoms with Crippen LogP contribution in [0.3, 0.4) is 0 Å². The summed E-state index contributed by atoms with van der Waals surface area (Å²) in [5.74, 6) is 0.590. The highest BCUT2D eigenvalue weighted by atomic mass is 16.6. The van der Waals surface area contributed by atoms with Crippen molar-refractivity contribution in [2.24, 2.45) is 0 Å². The van der Waals surface area contributed by atoms with Gasteiger partial charge in [-0.3, -0.25) is 4.57 Å². The van der Waals surface area contributed by atoms with Crippen molar-refractivity contribution in [3.63, 3.8) is 0 Å². The monoisotopic (exact) mass is 432 g/mol. The topological polar surface area (TPSA) is 86.4 Å². The van der Waals surface area contributed by atoms with Crippen molar-refractivity contribution in [2.75, 3.05) is 43.4 Å². The molecule has 3 heterocycles. The molecule has 166 valence electrons. The maximum absolute atomic E-state index is 12.6. The highest BCUT2D eigenvalue weighted by Crippen LogP contribution is 2.26. The van der Waals surface area contributed by atoms with Gasteiger partial charge in [-0.15, -0.1) is 0 Å². The molecule has 0 amide bonds. The van der Waals surface area contributed by atoms with E-state index in [0.29, 0.717) is 11.5 Å². The molecular weight excluding hydrogens is 404 g/mol. The molecule has 2 aromatic heterocycles. The van der Waals surface area contributed by atoms with E-state index < -0.39 is 11.7 Å². The Labute approximate surface area is 188 Å². The number of nitrogens with one attached hydrogen (secondary N) is 1. The SMILES string of the molecule is CN1CCN(c2cc(C#N)nc(Nc3ccc4ccn(C(=O)OC(C)(C)C)c4c3)c2)CC1. The van der Waals surface area contributed by atoms with Gasteiger partial charge in [-0.2, -0.15) is 5.26 Å². The number of nitrogens with zero attached hydrogens (tertiary/aromatic N) is 5. The van der Waals surface area contributed by atoms with Crippen LogP contribution in [0.1, 0.15) is 26.5 Å². The molecule has 1 fully saturated rings. The van der Waals surface area contributed by atoms with E-state index >= 15 is 0 Å². The lowest BCUT2D eigenvalue weighted by atomic mass is 10.2. The van der Waals surface area contributed by atoms with Gasteiger partial charge in [0, 0.05) is 55.2 Å². The van der Waals surface area contributed by atoms with Gasteiger partial charge in [0.2, 0.25) is 0 Å². The van der Waals surface area contributed by atoms with Gasteiger partial charge in [-0.25, -0.2) is 9.78 Å². The summed E-state index contributed by atoms with van der Waals surface area (Å²) in [6.07, 6.45) is 1.29. The zero-order chi connectivity index (χ0) is 22.9. The number of pyridine rings is 1. The fourth-order valence-electron chi connectivity index (χ4n) is 3.71. The third kappa shape index (κ3) is 4.84. The maximum Gasteiger partial charge on any atom is 0.418 e. The van der Waals surface area contributed by atoms with Crippen LogP contribution in [0.15, 0.2) is 42.6 Å². The minimum atomic E-state index is -0.579. The number of piperazine rings is 1. The predicted molar refractivity (Wildman–Crippen MR) is 126 cm³/mol. The van der Waals surface area contributed by atoms with Gasteiger partial charge in [0.05, 0.1) is 5.52 Å². The van der Waals surface area contributed by atoms with Crippen molar-refractivity contribution in [1.82, 2.24) is 14.5 Å². The lowest BCUT2D eigenvalue weighted by Gasteiger charge is -2.34. The number of benzene rings is 1. The van der Waals surface area contributed by atoms with Gasteiger partial charge >= 0.3 is 6.09 Å². The van der Waals surface area contributed by atoms with E-state index in [0.717, 1.165) is 48.5 Å².